The standard InChI is InChI=1S/C21H19BrN4O3/c22-15-5-3-14(4-6-15)21(8-1-9-21)20-24-18(29-25-20)13-2-7-17(23-10-13)19(28)26-11-16(27)12-26/h2-7,10,16,27H,1,8-9,11-12H2. The van der Waals surface area contributed by atoms with Gasteiger partial charge in [0, 0.05) is 23.8 Å². The maximum atomic E-state index is 12.3. The molecule has 0 atom stereocenters. The Morgan fingerprint density at radius 1 is 1.17 bits per heavy atom. The average molecular weight is 455 g/mol. The Bertz CT molecular complexity index is 1040. The lowest BCUT2D eigenvalue weighted by molar-refractivity contribution is 0.00550. The first-order chi connectivity index (χ1) is 14.0. The summed E-state index contributed by atoms with van der Waals surface area (Å²) in [5.74, 6) is 0.904. The Hall–Kier alpha value is -2.58. The van der Waals surface area contributed by atoms with Crippen LogP contribution in [0.5, 0.6) is 0 Å². The predicted molar refractivity (Wildman–Crippen MR) is 108 cm³/mol. The highest BCUT2D eigenvalue weighted by Gasteiger charge is 2.44. The van der Waals surface area contributed by atoms with Crippen molar-refractivity contribution in [2.24, 2.45) is 0 Å². The normalized spacial score (nSPS) is 18.2. The second-order valence-corrected chi connectivity index (χ2v) is 8.58. The molecule has 0 spiro atoms. The molecule has 3 aromatic rings. The fraction of sp³-hybridized carbons (Fsp3) is 0.333. The number of likely N-dealkylation sites (tertiary alicyclic amines) is 1. The number of aromatic nitrogens is 3. The van der Waals surface area contributed by atoms with Gasteiger partial charge in [-0.2, -0.15) is 4.98 Å². The lowest BCUT2D eigenvalue weighted by Gasteiger charge is -2.39. The highest BCUT2D eigenvalue weighted by molar-refractivity contribution is 9.10. The summed E-state index contributed by atoms with van der Waals surface area (Å²) in [6, 6.07) is 11.7. The lowest BCUT2D eigenvalue weighted by Crippen LogP contribution is -2.53. The molecule has 2 aliphatic rings. The number of β-amino-alcohol motifs (C(OH)–C–C–N with tert-alkyl or cyclic N) is 1. The summed E-state index contributed by atoms with van der Waals surface area (Å²) >= 11 is 3.48. The number of carbonyl (C=O) groups is 1. The van der Waals surface area contributed by atoms with E-state index in [1.165, 1.54) is 5.56 Å². The van der Waals surface area contributed by atoms with Crippen molar-refractivity contribution >= 4 is 21.8 Å². The van der Waals surface area contributed by atoms with Gasteiger partial charge in [-0.15, -0.1) is 0 Å². The van der Waals surface area contributed by atoms with E-state index in [0.29, 0.717) is 36.1 Å². The van der Waals surface area contributed by atoms with Crippen molar-refractivity contribution in [3.8, 4) is 11.5 Å². The van der Waals surface area contributed by atoms with Crippen molar-refractivity contribution in [3.63, 3.8) is 0 Å². The molecule has 5 rings (SSSR count). The zero-order valence-electron chi connectivity index (χ0n) is 15.6. The van der Waals surface area contributed by atoms with Crippen LogP contribution in [0.3, 0.4) is 0 Å². The number of hydrogen-bond acceptors (Lipinski definition) is 6. The molecule has 1 N–H and O–H groups in total. The number of rotatable bonds is 4. The smallest absolute Gasteiger partial charge is 0.272 e. The van der Waals surface area contributed by atoms with Gasteiger partial charge < -0.3 is 14.5 Å². The number of aliphatic hydroxyl groups is 1. The molecule has 0 bridgehead atoms. The summed E-state index contributed by atoms with van der Waals surface area (Å²) in [5, 5.41) is 13.6. The number of nitrogens with zero attached hydrogens (tertiary/aromatic N) is 4. The maximum Gasteiger partial charge on any atom is 0.272 e. The molecule has 2 fully saturated rings. The van der Waals surface area contributed by atoms with Crippen LogP contribution in [0, 0.1) is 0 Å². The minimum atomic E-state index is -0.431. The summed E-state index contributed by atoms with van der Waals surface area (Å²) < 4.78 is 6.57. The van der Waals surface area contributed by atoms with Crippen LogP contribution in [0.25, 0.3) is 11.5 Å². The first-order valence-electron chi connectivity index (χ1n) is 9.59. The first kappa shape index (κ1) is 18.4. The van der Waals surface area contributed by atoms with Gasteiger partial charge in [0.1, 0.15) is 5.69 Å². The Balaban J connectivity index is 1.38. The van der Waals surface area contributed by atoms with Gasteiger partial charge in [0.2, 0.25) is 0 Å². The van der Waals surface area contributed by atoms with Gasteiger partial charge in [-0.25, -0.2) is 0 Å². The largest absolute Gasteiger partial charge is 0.389 e. The second-order valence-electron chi connectivity index (χ2n) is 7.66. The summed E-state index contributed by atoms with van der Waals surface area (Å²) in [4.78, 5) is 22.8. The molecule has 1 amide bonds. The highest BCUT2D eigenvalue weighted by atomic mass is 79.9. The summed E-state index contributed by atoms with van der Waals surface area (Å²) in [6.07, 6.45) is 4.25. The van der Waals surface area contributed by atoms with Gasteiger partial charge in [-0.3, -0.25) is 9.78 Å². The van der Waals surface area contributed by atoms with Crippen LogP contribution in [0.1, 0.15) is 41.1 Å². The molecule has 29 heavy (non-hydrogen) atoms. The topological polar surface area (TPSA) is 92.3 Å². The summed E-state index contributed by atoms with van der Waals surface area (Å²) in [7, 11) is 0. The van der Waals surface area contributed by atoms with E-state index in [0.717, 1.165) is 23.7 Å². The fourth-order valence-corrected chi connectivity index (χ4v) is 4.17. The Kier molecular flexibility index (Phi) is 4.48. The van der Waals surface area contributed by atoms with Crippen molar-refractivity contribution in [3.05, 3.63) is 64.1 Å². The van der Waals surface area contributed by atoms with Crippen LogP contribution in [0.2, 0.25) is 0 Å². The Morgan fingerprint density at radius 2 is 1.93 bits per heavy atom. The Morgan fingerprint density at radius 3 is 2.52 bits per heavy atom. The van der Waals surface area contributed by atoms with Gasteiger partial charge in [-0.1, -0.05) is 39.6 Å². The molecule has 0 radical (unpaired) electrons. The molecule has 1 aliphatic heterocycles. The molecular formula is C21H19BrN4O3. The molecule has 8 heteroatoms. The molecule has 0 unspecified atom stereocenters. The molecular weight excluding hydrogens is 436 g/mol. The number of pyridine rings is 1. The SMILES string of the molecule is O=C(c1ccc(-c2nc(C3(c4ccc(Br)cc4)CCC3)no2)cn1)N1CC(O)C1. The molecule has 3 heterocycles. The number of hydrogen-bond donors (Lipinski definition) is 1. The van der Waals surface area contributed by atoms with Crippen LogP contribution in [0.15, 0.2) is 51.6 Å². The van der Waals surface area contributed by atoms with Crippen LogP contribution in [-0.4, -0.2) is 50.2 Å². The van der Waals surface area contributed by atoms with E-state index in [-0.39, 0.29) is 11.3 Å². The van der Waals surface area contributed by atoms with Gasteiger partial charge in [0.25, 0.3) is 11.8 Å². The van der Waals surface area contributed by atoms with E-state index in [1.54, 1.807) is 23.2 Å². The number of benzene rings is 1. The minimum Gasteiger partial charge on any atom is -0.389 e. The van der Waals surface area contributed by atoms with Gasteiger partial charge in [0.05, 0.1) is 17.1 Å². The van der Waals surface area contributed by atoms with Crippen LogP contribution < -0.4 is 0 Å². The summed E-state index contributed by atoms with van der Waals surface area (Å²) in [5.41, 5.74) is 2.00. The van der Waals surface area contributed by atoms with E-state index in [9.17, 15) is 9.90 Å². The van der Waals surface area contributed by atoms with Crippen molar-refractivity contribution in [2.75, 3.05) is 13.1 Å². The molecule has 1 aromatic carbocycles. The van der Waals surface area contributed by atoms with Crippen molar-refractivity contribution in [2.45, 2.75) is 30.8 Å². The summed E-state index contributed by atoms with van der Waals surface area (Å²) in [6.45, 7) is 0.709. The zero-order valence-corrected chi connectivity index (χ0v) is 17.2. The highest BCUT2D eigenvalue weighted by Crippen LogP contribution is 2.48. The number of amides is 1. The molecule has 7 nitrogen and oxygen atoms in total. The molecule has 1 saturated heterocycles. The van der Waals surface area contributed by atoms with E-state index >= 15 is 0 Å². The molecule has 1 saturated carbocycles. The predicted octanol–water partition coefficient (Wildman–Crippen LogP) is 3.18. The third kappa shape index (κ3) is 3.16. The number of aliphatic hydroxyl groups excluding tert-OH is 1. The third-order valence-electron chi connectivity index (χ3n) is 5.84. The second kappa shape index (κ2) is 7.03. The van der Waals surface area contributed by atoms with E-state index < -0.39 is 6.10 Å². The molecule has 2 aromatic heterocycles. The third-order valence-corrected chi connectivity index (χ3v) is 6.37. The minimum absolute atomic E-state index is 0.184. The average Bonchev–Trinajstić information content (AvgIpc) is 3.16. The van der Waals surface area contributed by atoms with Crippen molar-refractivity contribution in [1.29, 1.82) is 0 Å². The maximum absolute atomic E-state index is 12.3. The fourth-order valence-electron chi connectivity index (χ4n) is 3.91. The van der Waals surface area contributed by atoms with Crippen LogP contribution >= 0.6 is 15.9 Å². The van der Waals surface area contributed by atoms with Crippen molar-refractivity contribution < 1.29 is 14.4 Å². The van der Waals surface area contributed by atoms with Crippen LogP contribution in [0.4, 0.5) is 0 Å². The molecule has 148 valence electrons. The van der Waals surface area contributed by atoms with Gasteiger partial charge in [0.15, 0.2) is 5.82 Å². The first-order valence-corrected chi connectivity index (χ1v) is 10.4. The monoisotopic (exact) mass is 454 g/mol. The number of halogens is 1. The van der Waals surface area contributed by atoms with E-state index in [4.69, 9.17) is 4.52 Å². The Labute approximate surface area is 175 Å². The van der Waals surface area contributed by atoms with Gasteiger partial charge in [-0.05, 0) is 42.7 Å². The van der Waals surface area contributed by atoms with E-state index in [2.05, 4.69) is 43.2 Å². The zero-order chi connectivity index (χ0) is 20.0. The quantitative estimate of drug-likeness (QED) is 0.650. The lowest BCUT2D eigenvalue weighted by atomic mass is 9.64. The van der Waals surface area contributed by atoms with E-state index in [1.807, 2.05) is 12.1 Å². The number of carbonyl (C=O) groups excluding carboxylic acids is 1. The molecule has 1 aliphatic carbocycles. The van der Waals surface area contributed by atoms with Gasteiger partial charge >= 0.3 is 0 Å². The van der Waals surface area contributed by atoms with Crippen LogP contribution in [-0.2, 0) is 5.41 Å². The van der Waals surface area contributed by atoms with Crippen molar-refractivity contribution in [1.82, 2.24) is 20.0 Å².